The largest absolute Gasteiger partial charge is 0.330 e. The molecule has 23 heavy (non-hydrogen) atoms. The Morgan fingerprint density at radius 2 is 2.35 bits per heavy atom. The molecule has 1 fully saturated rings. The van der Waals surface area contributed by atoms with Crippen LogP contribution in [-0.2, 0) is 13.6 Å². The Hall–Kier alpha value is -1.99. The van der Waals surface area contributed by atoms with Gasteiger partial charge < -0.3 is 0 Å². The quantitative estimate of drug-likeness (QED) is 0.738. The number of hydrogen-bond donors (Lipinski definition) is 0. The molecule has 1 atom stereocenters. The van der Waals surface area contributed by atoms with E-state index in [9.17, 15) is 4.79 Å². The van der Waals surface area contributed by atoms with E-state index in [4.69, 9.17) is 0 Å². The van der Waals surface area contributed by atoms with Crippen molar-refractivity contribution in [1.29, 1.82) is 0 Å². The normalized spacial score (nSPS) is 19.4. The Labute approximate surface area is 138 Å². The van der Waals surface area contributed by atoms with E-state index in [0.29, 0.717) is 0 Å². The Morgan fingerprint density at radius 1 is 1.43 bits per heavy atom. The van der Waals surface area contributed by atoms with Gasteiger partial charge in [0.25, 0.3) is 0 Å². The Kier molecular flexibility index (Phi) is 3.74. The third-order valence-corrected chi connectivity index (χ3v) is 5.42. The summed E-state index contributed by atoms with van der Waals surface area (Å²) in [5.41, 5.74) is 1.55. The second-order valence-corrected chi connectivity index (χ2v) is 7.09. The van der Waals surface area contributed by atoms with Crippen LogP contribution in [0.15, 0.2) is 34.8 Å². The van der Waals surface area contributed by atoms with Crippen molar-refractivity contribution in [1.82, 2.24) is 24.0 Å². The molecule has 0 unspecified atom stereocenters. The molecule has 120 valence electrons. The molecule has 1 saturated heterocycles. The van der Waals surface area contributed by atoms with Crippen molar-refractivity contribution >= 4 is 22.5 Å². The molecule has 4 rings (SSSR count). The van der Waals surface area contributed by atoms with E-state index >= 15 is 0 Å². The first-order valence-corrected chi connectivity index (χ1v) is 8.73. The number of rotatable bonds is 3. The van der Waals surface area contributed by atoms with Gasteiger partial charge in [-0.3, -0.25) is 14.0 Å². The van der Waals surface area contributed by atoms with Crippen LogP contribution < -0.4 is 5.69 Å². The average Bonchev–Trinajstić information content (AvgIpc) is 3.16. The van der Waals surface area contributed by atoms with Crippen molar-refractivity contribution in [3.63, 3.8) is 0 Å². The van der Waals surface area contributed by atoms with E-state index in [2.05, 4.69) is 32.4 Å². The van der Waals surface area contributed by atoms with Crippen molar-refractivity contribution in [3.8, 4) is 0 Å². The van der Waals surface area contributed by atoms with E-state index in [1.54, 1.807) is 29.1 Å². The number of aromatic nitrogens is 4. The molecule has 3 aromatic heterocycles. The van der Waals surface area contributed by atoms with Gasteiger partial charge in [-0.1, -0.05) is 6.07 Å². The highest BCUT2D eigenvalue weighted by molar-refractivity contribution is 7.09. The predicted octanol–water partition coefficient (Wildman–Crippen LogP) is 2.03. The molecule has 0 aromatic carbocycles. The number of imidazole rings is 1. The number of nitrogens with zero attached hydrogens (tertiary/aromatic N) is 5. The Morgan fingerprint density at radius 3 is 3.17 bits per heavy atom. The zero-order valence-corrected chi connectivity index (χ0v) is 13.9. The first kappa shape index (κ1) is 14.6. The van der Waals surface area contributed by atoms with Gasteiger partial charge in [0, 0.05) is 25.0 Å². The van der Waals surface area contributed by atoms with Gasteiger partial charge in [0.15, 0.2) is 5.65 Å². The molecule has 0 saturated carbocycles. The number of fused-ring (bicyclic) bond motifs is 1. The fourth-order valence-electron chi connectivity index (χ4n) is 3.43. The summed E-state index contributed by atoms with van der Waals surface area (Å²) >= 11 is 1.79. The number of piperidine rings is 1. The van der Waals surface area contributed by atoms with Gasteiger partial charge in [0.2, 0.25) is 0 Å². The summed E-state index contributed by atoms with van der Waals surface area (Å²) in [7, 11) is 1.79. The maximum absolute atomic E-state index is 12.7. The minimum atomic E-state index is 0.00322. The third kappa shape index (κ3) is 2.60. The summed E-state index contributed by atoms with van der Waals surface area (Å²) in [4.78, 5) is 24.9. The summed E-state index contributed by atoms with van der Waals surface area (Å²) < 4.78 is 3.51. The molecule has 0 spiro atoms. The van der Waals surface area contributed by atoms with Gasteiger partial charge in [0.05, 0.1) is 12.2 Å². The van der Waals surface area contributed by atoms with Crippen molar-refractivity contribution in [3.05, 3.63) is 45.4 Å². The molecule has 0 N–H and O–H groups in total. The lowest BCUT2D eigenvalue weighted by Gasteiger charge is -2.32. The van der Waals surface area contributed by atoms with Crippen molar-refractivity contribution < 1.29 is 0 Å². The summed E-state index contributed by atoms with van der Waals surface area (Å²) in [5.74, 6) is 0. The van der Waals surface area contributed by atoms with Crippen LogP contribution in [0.5, 0.6) is 0 Å². The molecule has 3 aromatic rings. The van der Waals surface area contributed by atoms with Gasteiger partial charge in [-0.2, -0.15) is 0 Å². The molecule has 4 heterocycles. The van der Waals surface area contributed by atoms with Crippen molar-refractivity contribution in [2.75, 3.05) is 13.1 Å². The van der Waals surface area contributed by atoms with E-state index in [1.165, 1.54) is 11.2 Å². The molecule has 1 aliphatic rings. The number of likely N-dealkylation sites (tertiary alicyclic amines) is 1. The average molecular weight is 329 g/mol. The highest BCUT2D eigenvalue weighted by Gasteiger charge is 2.26. The molecule has 0 radical (unpaired) electrons. The summed E-state index contributed by atoms with van der Waals surface area (Å²) in [5, 5.41) is 2.11. The van der Waals surface area contributed by atoms with Crippen molar-refractivity contribution in [2.45, 2.75) is 25.4 Å². The molecule has 0 bridgehead atoms. The molecule has 0 aliphatic carbocycles. The minimum Gasteiger partial charge on any atom is -0.296 e. The first-order chi connectivity index (χ1) is 11.2. The summed E-state index contributed by atoms with van der Waals surface area (Å²) in [6.07, 6.45) is 5.35. The Balaban J connectivity index is 1.65. The van der Waals surface area contributed by atoms with Crippen LogP contribution in [0.4, 0.5) is 0 Å². The molecular formula is C16H19N5OS. The first-order valence-electron chi connectivity index (χ1n) is 7.85. The van der Waals surface area contributed by atoms with Crippen LogP contribution in [0.2, 0.25) is 0 Å². The molecule has 6 nitrogen and oxygen atoms in total. The third-order valence-electron chi connectivity index (χ3n) is 4.56. The van der Waals surface area contributed by atoms with Gasteiger partial charge in [-0.25, -0.2) is 14.8 Å². The second-order valence-electron chi connectivity index (χ2n) is 6.05. The maximum atomic E-state index is 12.7. The lowest BCUT2D eigenvalue weighted by Crippen LogP contribution is -2.39. The molecule has 1 aliphatic heterocycles. The number of hydrogen-bond acceptors (Lipinski definition) is 5. The van der Waals surface area contributed by atoms with Gasteiger partial charge in [-0.05, 0) is 30.8 Å². The predicted molar refractivity (Wildman–Crippen MR) is 90.6 cm³/mol. The SMILES string of the molecule is Cn1c(=O)n([C@@H]2CCCN(Cc3cccs3)C2)c2ncncc21. The van der Waals surface area contributed by atoms with Gasteiger partial charge >= 0.3 is 5.69 Å². The number of thiophene rings is 1. The fraction of sp³-hybridized carbons (Fsp3) is 0.438. The van der Waals surface area contributed by atoms with E-state index < -0.39 is 0 Å². The maximum Gasteiger partial charge on any atom is 0.330 e. The van der Waals surface area contributed by atoms with Crippen LogP contribution in [-0.4, -0.2) is 37.1 Å². The van der Waals surface area contributed by atoms with Crippen LogP contribution in [0, 0.1) is 0 Å². The zero-order chi connectivity index (χ0) is 15.8. The fourth-order valence-corrected chi connectivity index (χ4v) is 4.18. The van der Waals surface area contributed by atoms with E-state index in [-0.39, 0.29) is 11.7 Å². The summed E-state index contributed by atoms with van der Waals surface area (Å²) in [6.45, 7) is 2.94. The highest BCUT2D eigenvalue weighted by Crippen LogP contribution is 2.25. The lowest BCUT2D eigenvalue weighted by atomic mass is 10.1. The molecule has 7 heteroatoms. The number of aryl methyl sites for hydroxylation is 1. The zero-order valence-electron chi connectivity index (χ0n) is 13.1. The Bertz CT molecular complexity index is 866. The van der Waals surface area contributed by atoms with Crippen LogP contribution >= 0.6 is 11.3 Å². The van der Waals surface area contributed by atoms with Crippen LogP contribution in [0.3, 0.4) is 0 Å². The minimum absolute atomic E-state index is 0.00322. The monoisotopic (exact) mass is 329 g/mol. The molecule has 0 amide bonds. The van der Waals surface area contributed by atoms with Gasteiger partial charge in [-0.15, -0.1) is 11.3 Å². The van der Waals surface area contributed by atoms with Gasteiger partial charge in [0.1, 0.15) is 11.8 Å². The van der Waals surface area contributed by atoms with Crippen LogP contribution in [0.1, 0.15) is 23.8 Å². The van der Waals surface area contributed by atoms with Crippen LogP contribution in [0.25, 0.3) is 11.2 Å². The van der Waals surface area contributed by atoms with E-state index in [1.807, 2.05) is 4.57 Å². The standard InChI is InChI=1S/C16H19N5OS/c1-19-14-8-17-11-18-15(14)21(16(19)22)12-4-2-6-20(9-12)10-13-5-3-7-23-13/h3,5,7-8,11-12H,2,4,6,9-10H2,1H3/t12-/m1/s1. The lowest BCUT2D eigenvalue weighted by molar-refractivity contribution is 0.171. The summed E-state index contributed by atoms with van der Waals surface area (Å²) in [6, 6.07) is 4.44. The molecular weight excluding hydrogens is 310 g/mol. The highest BCUT2D eigenvalue weighted by atomic mass is 32.1. The van der Waals surface area contributed by atoms with Crippen molar-refractivity contribution in [2.24, 2.45) is 7.05 Å². The van der Waals surface area contributed by atoms with E-state index in [0.717, 1.165) is 43.6 Å². The topological polar surface area (TPSA) is 56.0 Å². The second kappa shape index (κ2) is 5.90. The smallest absolute Gasteiger partial charge is 0.296 e.